The maximum atomic E-state index is 4.60. The van der Waals surface area contributed by atoms with Crippen LogP contribution in [-0.2, 0) is 0 Å². The Labute approximate surface area is 138 Å². The summed E-state index contributed by atoms with van der Waals surface area (Å²) >= 11 is 3.52. The highest BCUT2D eigenvalue weighted by atomic mass is 32.2. The normalized spacial score (nSPS) is 11.9. The number of benzene rings is 2. The lowest BCUT2D eigenvalue weighted by Gasteiger charge is -1.92. The van der Waals surface area contributed by atoms with Gasteiger partial charge in [-0.2, -0.15) is 0 Å². The van der Waals surface area contributed by atoms with Crippen LogP contribution in [0.5, 0.6) is 0 Å². The fourth-order valence-electron chi connectivity index (χ4n) is 2.01. The van der Waals surface area contributed by atoms with Gasteiger partial charge in [-0.1, -0.05) is 55.1 Å². The zero-order chi connectivity index (χ0) is 15.2. The van der Waals surface area contributed by atoms with Crippen LogP contribution in [0.25, 0.3) is 16.3 Å². The van der Waals surface area contributed by atoms with E-state index >= 15 is 0 Å². The van der Waals surface area contributed by atoms with Gasteiger partial charge >= 0.3 is 0 Å². The number of allylic oxidation sites excluding steroid dienone is 1. The molecule has 0 aliphatic carbocycles. The van der Waals surface area contributed by atoms with E-state index in [2.05, 4.69) is 35.1 Å². The lowest BCUT2D eigenvalue weighted by molar-refractivity contribution is 1.30. The third-order valence-corrected chi connectivity index (χ3v) is 5.06. The van der Waals surface area contributed by atoms with Crippen LogP contribution < -0.4 is 0 Å². The zero-order valence-corrected chi connectivity index (χ0v) is 13.9. The Morgan fingerprint density at radius 3 is 2.86 bits per heavy atom. The molecule has 3 rings (SSSR count). The second-order valence-corrected chi connectivity index (χ2v) is 7.15. The fraction of sp³-hybridized carbons (Fsp3) is 0.111. The van der Waals surface area contributed by atoms with Crippen molar-refractivity contribution in [2.45, 2.75) is 11.3 Å². The molecule has 0 unspecified atom stereocenters. The molecule has 0 radical (unpaired) electrons. The van der Waals surface area contributed by atoms with E-state index in [4.69, 9.17) is 0 Å². The largest absolute Gasteiger partial charge is 0.257 e. The first kappa shape index (κ1) is 15.0. The van der Waals surface area contributed by atoms with E-state index in [1.54, 1.807) is 23.1 Å². The summed E-state index contributed by atoms with van der Waals surface area (Å²) in [5.41, 5.74) is 3.19. The van der Waals surface area contributed by atoms with Crippen molar-refractivity contribution in [3.63, 3.8) is 0 Å². The molecule has 0 fully saturated rings. The minimum atomic E-state index is 0.960. The van der Waals surface area contributed by atoms with Crippen molar-refractivity contribution in [1.82, 2.24) is 4.98 Å². The van der Waals surface area contributed by atoms with Crippen LogP contribution in [0.15, 0.2) is 63.9 Å². The number of hydrogen-bond donors (Lipinski definition) is 0. The summed E-state index contributed by atoms with van der Waals surface area (Å²) in [7, 11) is 0. The summed E-state index contributed by atoms with van der Waals surface area (Å²) in [6, 6.07) is 16.4. The van der Waals surface area contributed by atoms with Crippen LogP contribution in [0.1, 0.15) is 12.5 Å². The Kier molecular flexibility index (Phi) is 5.03. The summed E-state index contributed by atoms with van der Waals surface area (Å²) in [5.74, 6) is 1.05. The van der Waals surface area contributed by atoms with Crippen molar-refractivity contribution in [3.8, 4) is 0 Å². The lowest BCUT2D eigenvalue weighted by atomic mass is 10.2. The highest BCUT2D eigenvalue weighted by molar-refractivity contribution is 8.01. The molecule has 2 nitrogen and oxygen atoms in total. The third-order valence-electron chi connectivity index (χ3n) is 3.02. The Morgan fingerprint density at radius 2 is 2.05 bits per heavy atom. The molecular weight excluding hydrogens is 308 g/mol. The first-order chi connectivity index (χ1) is 10.8. The molecule has 110 valence electrons. The second kappa shape index (κ2) is 7.38. The topological polar surface area (TPSA) is 25.2 Å². The highest BCUT2D eigenvalue weighted by Crippen LogP contribution is 2.31. The van der Waals surface area contributed by atoms with E-state index < -0.39 is 0 Å². The number of thiazole rings is 1. The van der Waals surface area contributed by atoms with E-state index in [9.17, 15) is 0 Å². The quantitative estimate of drug-likeness (QED) is 0.436. The first-order valence-electron chi connectivity index (χ1n) is 7.14. The number of aliphatic imine (C=N–C) groups is 1. The van der Waals surface area contributed by atoms with Gasteiger partial charge in [-0.3, -0.25) is 4.99 Å². The second-order valence-electron chi connectivity index (χ2n) is 4.61. The van der Waals surface area contributed by atoms with Crippen LogP contribution in [-0.4, -0.2) is 17.0 Å². The molecule has 4 heteroatoms. The van der Waals surface area contributed by atoms with Gasteiger partial charge in [0.25, 0.3) is 0 Å². The van der Waals surface area contributed by atoms with Crippen LogP contribution in [0.4, 0.5) is 5.69 Å². The molecule has 0 spiro atoms. The minimum absolute atomic E-state index is 0.960. The number of rotatable bonds is 5. The summed E-state index contributed by atoms with van der Waals surface area (Å²) in [6.45, 7) is 2.14. The van der Waals surface area contributed by atoms with Crippen molar-refractivity contribution < 1.29 is 0 Å². The third kappa shape index (κ3) is 3.84. The van der Waals surface area contributed by atoms with Gasteiger partial charge in [0.05, 0.1) is 15.9 Å². The average Bonchev–Trinajstić information content (AvgIpc) is 2.94. The van der Waals surface area contributed by atoms with Crippen LogP contribution in [0, 0.1) is 0 Å². The molecule has 1 aromatic heterocycles. The van der Waals surface area contributed by atoms with Crippen LogP contribution in [0.3, 0.4) is 0 Å². The Balaban J connectivity index is 1.73. The zero-order valence-electron chi connectivity index (χ0n) is 12.3. The average molecular weight is 324 g/mol. The molecule has 0 aliphatic heterocycles. The minimum Gasteiger partial charge on any atom is -0.257 e. The van der Waals surface area contributed by atoms with E-state index in [1.165, 1.54) is 10.3 Å². The lowest BCUT2D eigenvalue weighted by Crippen LogP contribution is -1.71. The van der Waals surface area contributed by atoms with E-state index in [1.807, 2.05) is 48.7 Å². The van der Waals surface area contributed by atoms with Gasteiger partial charge in [0.1, 0.15) is 0 Å². The summed E-state index contributed by atoms with van der Waals surface area (Å²) in [4.78, 5) is 9.08. The van der Waals surface area contributed by atoms with Gasteiger partial charge in [0.2, 0.25) is 0 Å². The molecule has 0 aliphatic rings. The predicted molar refractivity (Wildman–Crippen MR) is 99.6 cm³/mol. The number of aromatic nitrogens is 1. The molecule has 3 aromatic rings. The fourth-order valence-corrected chi connectivity index (χ4v) is 4.00. The molecule has 0 atom stereocenters. The van der Waals surface area contributed by atoms with Gasteiger partial charge in [0.15, 0.2) is 4.34 Å². The standard InChI is InChI=1S/C18H16N2S2/c1-2-21-18-20-16-11-10-15(13-17(16)22-18)19-12-6-9-14-7-4-3-5-8-14/h3-13H,2H2,1H3. The number of nitrogens with zero attached hydrogens (tertiary/aromatic N) is 2. The van der Waals surface area contributed by atoms with Crippen LogP contribution in [0.2, 0.25) is 0 Å². The van der Waals surface area contributed by atoms with Crippen molar-refractivity contribution in [3.05, 3.63) is 60.2 Å². The first-order valence-corrected chi connectivity index (χ1v) is 8.94. The molecule has 0 amide bonds. The van der Waals surface area contributed by atoms with Gasteiger partial charge in [0, 0.05) is 6.21 Å². The summed E-state index contributed by atoms with van der Waals surface area (Å²) in [5, 5.41) is 0. The Morgan fingerprint density at radius 1 is 1.18 bits per heavy atom. The van der Waals surface area contributed by atoms with E-state index in [0.717, 1.165) is 21.3 Å². The SMILES string of the molecule is CCSc1nc2ccc(N=CC=Cc3ccccc3)cc2s1. The molecule has 0 bridgehead atoms. The highest BCUT2D eigenvalue weighted by Gasteiger charge is 2.03. The van der Waals surface area contributed by atoms with Crippen LogP contribution >= 0.6 is 23.1 Å². The number of hydrogen-bond acceptors (Lipinski definition) is 4. The summed E-state index contributed by atoms with van der Waals surface area (Å²) < 4.78 is 2.32. The van der Waals surface area contributed by atoms with Crippen molar-refractivity contribution >= 4 is 51.3 Å². The monoisotopic (exact) mass is 324 g/mol. The molecule has 0 saturated heterocycles. The molecular formula is C18H16N2S2. The van der Waals surface area contributed by atoms with E-state index in [0.29, 0.717) is 0 Å². The van der Waals surface area contributed by atoms with Crippen molar-refractivity contribution in [2.75, 3.05) is 5.75 Å². The molecule has 0 saturated carbocycles. The molecule has 1 heterocycles. The van der Waals surface area contributed by atoms with Gasteiger partial charge < -0.3 is 0 Å². The molecule has 22 heavy (non-hydrogen) atoms. The smallest absolute Gasteiger partial charge is 0.151 e. The summed E-state index contributed by atoms with van der Waals surface area (Å²) in [6.07, 6.45) is 5.84. The maximum absolute atomic E-state index is 4.60. The van der Waals surface area contributed by atoms with Crippen molar-refractivity contribution in [2.24, 2.45) is 4.99 Å². The number of thioether (sulfide) groups is 1. The van der Waals surface area contributed by atoms with E-state index in [-0.39, 0.29) is 0 Å². The molecule has 2 aromatic carbocycles. The maximum Gasteiger partial charge on any atom is 0.151 e. The van der Waals surface area contributed by atoms with Crippen molar-refractivity contribution in [1.29, 1.82) is 0 Å². The van der Waals surface area contributed by atoms with Gasteiger partial charge in [-0.25, -0.2) is 4.98 Å². The Hall–Kier alpha value is -1.91. The Bertz CT molecular complexity index is 804. The predicted octanol–water partition coefficient (Wildman–Crippen LogP) is 5.82. The molecule has 0 N–H and O–H groups in total. The number of fused-ring (bicyclic) bond motifs is 1. The van der Waals surface area contributed by atoms with Gasteiger partial charge in [-0.15, -0.1) is 11.3 Å². The van der Waals surface area contributed by atoms with Gasteiger partial charge in [-0.05, 0) is 35.6 Å².